The van der Waals surface area contributed by atoms with Gasteiger partial charge in [-0.05, 0) is 18.9 Å². The van der Waals surface area contributed by atoms with Crippen LogP contribution in [0.25, 0.3) is 10.9 Å². The number of rotatable bonds is 2. The zero-order valence-corrected chi connectivity index (χ0v) is 18.8. The van der Waals surface area contributed by atoms with Crippen LogP contribution in [0.4, 0.5) is 0 Å². The summed E-state index contributed by atoms with van der Waals surface area (Å²) in [5.41, 5.74) is 1.19. The van der Waals surface area contributed by atoms with Gasteiger partial charge in [-0.2, -0.15) is 9.40 Å². The van der Waals surface area contributed by atoms with Gasteiger partial charge in [-0.15, -0.1) is 0 Å². The van der Waals surface area contributed by atoms with E-state index in [2.05, 4.69) is 10.4 Å². The minimum Gasteiger partial charge on any atom is -0.354 e. The van der Waals surface area contributed by atoms with Gasteiger partial charge in [0.2, 0.25) is 15.9 Å². The maximum atomic E-state index is 13.4. The van der Waals surface area contributed by atoms with E-state index < -0.39 is 10.0 Å². The second kappa shape index (κ2) is 8.58. The third-order valence-corrected chi connectivity index (χ3v) is 7.69. The monoisotopic (exact) mass is 447 g/mol. The van der Waals surface area contributed by atoms with E-state index >= 15 is 0 Å². The van der Waals surface area contributed by atoms with E-state index in [1.54, 1.807) is 16.6 Å². The number of para-hydroxylation sites is 1. The molecule has 10 heteroatoms. The third kappa shape index (κ3) is 4.31. The Morgan fingerprint density at radius 1 is 1.13 bits per heavy atom. The highest BCUT2D eigenvalue weighted by molar-refractivity contribution is 7.88. The second-order valence-electron chi connectivity index (χ2n) is 8.40. The van der Waals surface area contributed by atoms with Crippen molar-refractivity contribution >= 4 is 32.7 Å². The van der Waals surface area contributed by atoms with Gasteiger partial charge in [-0.1, -0.05) is 31.0 Å². The van der Waals surface area contributed by atoms with E-state index in [1.165, 1.54) is 10.6 Å². The maximum Gasteiger partial charge on any atom is 0.275 e. The molecular formula is C21H29N5O4S. The van der Waals surface area contributed by atoms with Gasteiger partial charge in [0.1, 0.15) is 0 Å². The molecule has 2 amide bonds. The summed E-state index contributed by atoms with van der Waals surface area (Å²) in [4.78, 5) is 27.8. The Morgan fingerprint density at radius 2 is 1.87 bits per heavy atom. The molecule has 2 aliphatic rings. The predicted octanol–water partition coefficient (Wildman–Crippen LogP) is 0.966. The maximum absolute atomic E-state index is 13.4. The van der Waals surface area contributed by atoms with Crippen LogP contribution in [0.5, 0.6) is 0 Å². The van der Waals surface area contributed by atoms with Gasteiger partial charge in [0, 0.05) is 44.7 Å². The lowest BCUT2D eigenvalue weighted by molar-refractivity contribution is -0.127. The molecule has 9 nitrogen and oxygen atoms in total. The minimum absolute atomic E-state index is 0.129. The Labute approximate surface area is 182 Å². The SMILES string of the molecule is Cn1nc(C(=O)N2CCNC(=O)C3CCCCC3N(S(C)(=O)=O)CC2)c2ccccc21. The molecular weight excluding hydrogens is 418 g/mol. The van der Waals surface area contributed by atoms with Crippen molar-refractivity contribution in [3.05, 3.63) is 30.0 Å². The topological polar surface area (TPSA) is 105 Å². The Morgan fingerprint density at radius 3 is 2.65 bits per heavy atom. The van der Waals surface area contributed by atoms with E-state index in [0.717, 1.165) is 23.7 Å². The zero-order valence-electron chi connectivity index (χ0n) is 18.0. The summed E-state index contributed by atoms with van der Waals surface area (Å²) in [5.74, 6) is -0.735. The van der Waals surface area contributed by atoms with Gasteiger partial charge >= 0.3 is 0 Å². The lowest BCUT2D eigenvalue weighted by atomic mass is 9.83. The number of carbonyl (C=O) groups excluding carboxylic acids is 2. The normalized spacial score (nSPS) is 23.9. The van der Waals surface area contributed by atoms with E-state index in [-0.39, 0.29) is 36.9 Å². The van der Waals surface area contributed by atoms with Crippen LogP contribution >= 0.6 is 0 Å². The second-order valence-corrected chi connectivity index (χ2v) is 10.3. The van der Waals surface area contributed by atoms with Crippen LogP contribution in [0.1, 0.15) is 36.2 Å². The number of sulfonamides is 1. The van der Waals surface area contributed by atoms with Gasteiger partial charge in [-0.25, -0.2) is 8.42 Å². The number of nitrogens with one attached hydrogen (secondary N) is 1. The first-order chi connectivity index (χ1) is 14.8. The fraction of sp³-hybridized carbons (Fsp3) is 0.571. The van der Waals surface area contributed by atoms with Crippen LogP contribution in [-0.4, -0.2) is 77.7 Å². The highest BCUT2D eigenvalue weighted by atomic mass is 32.2. The van der Waals surface area contributed by atoms with Crippen LogP contribution in [-0.2, 0) is 21.9 Å². The Bertz CT molecular complexity index is 1100. The highest BCUT2D eigenvalue weighted by Gasteiger charge is 2.39. The first-order valence-electron chi connectivity index (χ1n) is 10.7. The van der Waals surface area contributed by atoms with Crippen molar-refractivity contribution in [1.29, 1.82) is 0 Å². The van der Waals surface area contributed by atoms with Crippen LogP contribution in [0, 0.1) is 5.92 Å². The number of aryl methyl sites for hydroxylation is 1. The molecule has 1 aliphatic heterocycles. The van der Waals surface area contributed by atoms with Crippen molar-refractivity contribution in [2.45, 2.75) is 31.7 Å². The first kappa shape index (κ1) is 21.8. The number of aromatic nitrogens is 2. The first-order valence-corrected chi connectivity index (χ1v) is 12.6. The molecule has 1 aliphatic carbocycles. The molecule has 1 N–H and O–H groups in total. The average Bonchev–Trinajstić information content (AvgIpc) is 3.08. The molecule has 2 heterocycles. The average molecular weight is 448 g/mol. The number of hydrogen-bond donors (Lipinski definition) is 1. The number of hydrogen-bond acceptors (Lipinski definition) is 5. The molecule has 168 valence electrons. The molecule has 1 saturated carbocycles. The lowest BCUT2D eigenvalue weighted by Crippen LogP contribution is -2.55. The van der Waals surface area contributed by atoms with Gasteiger partial charge < -0.3 is 10.2 Å². The molecule has 2 aromatic rings. The van der Waals surface area contributed by atoms with Crippen molar-refractivity contribution in [3.63, 3.8) is 0 Å². The van der Waals surface area contributed by atoms with Crippen LogP contribution in [0.15, 0.2) is 24.3 Å². The molecule has 2 atom stereocenters. The summed E-state index contributed by atoms with van der Waals surface area (Å²) in [5, 5.41) is 8.09. The number of fused-ring (bicyclic) bond motifs is 2. The summed E-state index contributed by atoms with van der Waals surface area (Å²) < 4.78 is 28.3. The summed E-state index contributed by atoms with van der Waals surface area (Å²) in [6, 6.07) is 7.14. The van der Waals surface area contributed by atoms with Crippen molar-refractivity contribution < 1.29 is 18.0 Å². The third-order valence-electron chi connectivity index (χ3n) is 6.38. The Balaban J connectivity index is 1.64. The van der Waals surface area contributed by atoms with E-state index in [0.29, 0.717) is 31.6 Å². The summed E-state index contributed by atoms with van der Waals surface area (Å²) in [7, 11) is -1.75. The molecule has 1 aromatic carbocycles. The molecule has 1 saturated heterocycles. The Kier molecular flexibility index (Phi) is 6.02. The number of benzene rings is 1. The largest absolute Gasteiger partial charge is 0.354 e. The van der Waals surface area contributed by atoms with Crippen LogP contribution < -0.4 is 5.32 Å². The molecule has 4 rings (SSSR count). The molecule has 2 fully saturated rings. The molecule has 31 heavy (non-hydrogen) atoms. The molecule has 0 radical (unpaired) electrons. The standard InChI is InChI=1S/C21H29N5O4S/c1-24-17-9-5-3-7-15(17)19(23-24)21(28)25-12-11-22-20(27)16-8-4-6-10-18(16)26(14-13-25)31(2,29)30/h3,5,7,9,16,18H,4,6,8,10-14H2,1-2H3,(H,22,27). The van der Waals surface area contributed by atoms with E-state index in [9.17, 15) is 18.0 Å². The summed E-state index contributed by atoms with van der Waals surface area (Å²) >= 11 is 0. The van der Waals surface area contributed by atoms with Crippen LogP contribution in [0.2, 0.25) is 0 Å². The summed E-state index contributed by atoms with van der Waals surface area (Å²) in [6.07, 6.45) is 4.34. The molecule has 1 aromatic heterocycles. The highest BCUT2D eigenvalue weighted by Crippen LogP contribution is 2.30. The lowest BCUT2D eigenvalue weighted by Gasteiger charge is -2.39. The zero-order chi connectivity index (χ0) is 22.2. The van der Waals surface area contributed by atoms with Gasteiger partial charge in [0.25, 0.3) is 5.91 Å². The summed E-state index contributed by atoms with van der Waals surface area (Å²) in [6.45, 7) is 1.04. The van der Waals surface area contributed by atoms with E-state index in [1.807, 2.05) is 24.3 Å². The van der Waals surface area contributed by atoms with Crippen molar-refractivity contribution in [3.8, 4) is 0 Å². The van der Waals surface area contributed by atoms with Gasteiger partial charge in [-0.3, -0.25) is 14.3 Å². The smallest absolute Gasteiger partial charge is 0.275 e. The Hall–Kier alpha value is -2.46. The van der Waals surface area contributed by atoms with Gasteiger partial charge in [0.05, 0.1) is 17.7 Å². The number of amides is 2. The number of nitrogens with zero attached hydrogens (tertiary/aromatic N) is 4. The fourth-order valence-electron chi connectivity index (χ4n) is 4.84. The fourth-order valence-corrected chi connectivity index (χ4v) is 6.00. The quantitative estimate of drug-likeness (QED) is 0.739. The molecule has 0 spiro atoms. The molecule has 2 unspecified atom stereocenters. The minimum atomic E-state index is -3.54. The molecule has 0 bridgehead atoms. The van der Waals surface area contributed by atoms with Crippen molar-refractivity contribution in [2.75, 3.05) is 32.4 Å². The van der Waals surface area contributed by atoms with Crippen molar-refractivity contribution in [2.24, 2.45) is 13.0 Å². The predicted molar refractivity (Wildman–Crippen MR) is 117 cm³/mol. The van der Waals surface area contributed by atoms with Crippen LogP contribution in [0.3, 0.4) is 0 Å². The van der Waals surface area contributed by atoms with E-state index in [4.69, 9.17) is 0 Å². The van der Waals surface area contributed by atoms with Crippen molar-refractivity contribution in [1.82, 2.24) is 24.3 Å². The van der Waals surface area contributed by atoms with Gasteiger partial charge in [0.15, 0.2) is 5.69 Å². The number of carbonyl (C=O) groups is 2.